The highest BCUT2D eigenvalue weighted by Gasteiger charge is 2.26. The van der Waals surface area contributed by atoms with E-state index in [1.165, 1.54) is 24.4 Å². The van der Waals surface area contributed by atoms with Gasteiger partial charge in [0.2, 0.25) is 0 Å². The second kappa shape index (κ2) is 9.15. The van der Waals surface area contributed by atoms with Crippen molar-refractivity contribution >= 4 is 34.3 Å². The number of methoxy groups -OCH3 is 1. The van der Waals surface area contributed by atoms with Crippen LogP contribution in [0, 0.1) is 11.2 Å². The second-order valence-corrected chi connectivity index (χ2v) is 7.61. The van der Waals surface area contributed by atoms with E-state index >= 15 is 0 Å². The number of halogens is 1. The summed E-state index contributed by atoms with van der Waals surface area (Å²) in [6.45, 7) is 1.26. The van der Waals surface area contributed by atoms with E-state index in [-0.39, 0.29) is 23.1 Å². The zero-order valence-corrected chi connectivity index (χ0v) is 17.5. The number of anilines is 1. The number of hydrogen-bond acceptors (Lipinski definition) is 5. The number of H-pyrrole nitrogens is 1. The quantitative estimate of drug-likeness (QED) is 0.516. The minimum atomic E-state index is -0.407. The van der Waals surface area contributed by atoms with Gasteiger partial charge in [-0.25, -0.2) is 4.39 Å². The number of allylic oxidation sites excluding steroid dienone is 1. The molecule has 4 rings (SSSR count). The van der Waals surface area contributed by atoms with Gasteiger partial charge in [0.15, 0.2) is 0 Å². The van der Waals surface area contributed by atoms with Crippen molar-refractivity contribution in [1.29, 1.82) is 5.41 Å². The van der Waals surface area contributed by atoms with Gasteiger partial charge < -0.3 is 25.3 Å². The third-order valence-electron chi connectivity index (χ3n) is 5.56. The van der Waals surface area contributed by atoms with Gasteiger partial charge in [-0.3, -0.25) is 9.59 Å². The normalized spacial score (nSPS) is 16.4. The molecule has 1 aromatic heterocycles. The Balaban J connectivity index is 1.51. The van der Waals surface area contributed by atoms with Gasteiger partial charge in [-0.05, 0) is 55.0 Å². The maximum Gasteiger partial charge on any atom is 0.256 e. The van der Waals surface area contributed by atoms with Crippen LogP contribution >= 0.6 is 0 Å². The Kier molecular flexibility index (Phi) is 6.13. The number of carbonyl (C=O) groups is 1. The maximum atomic E-state index is 13.5. The minimum Gasteiger partial charge on any atom is -0.380 e. The molecule has 7 nitrogen and oxygen atoms in total. The lowest BCUT2D eigenvalue weighted by Crippen LogP contribution is -2.29. The fourth-order valence-corrected chi connectivity index (χ4v) is 3.75. The van der Waals surface area contributed by atoms with Crippen LogP contribution in [0.25, 0.3) is 16.5 Å². The van der Waals surface area contributed by atoms with Crippen LogP contribution in [0.15, 0.2) is 59.5 Å². The molecule has 0 aliphatic carbocycles. The number of ether oxygens (including phenoxy) is 1. The van der Waals surface area contributed by atoms with Gasteiger partial charge in [0.25, 0.3) is 11.5 Å². The largest absolute Gasteiger partial charge is 0.380 e. The van der Waals surface area contributed by atoms with Gasteiger partial charge in [0.05, 0.1) is 11.7 Å². The van der Waals surface area contributed by atoms with Crippen molar-refractivity contribution in [3.63, 3.8) is 0 Å². The molecule has 0 bridgehead atoms. The van der Waals surface area contributed by atoms with E-state index in [0.29, 0.717) is 40.8 Å². The number of aromatic nitrogens is 1. The number of amides is 1. The van der Waals surface area contributed by atoms with Gasteiger partial charge in [-0.15, -0.1) is 0 Å². The van der Waals surface area contributed by atoms with E-state index in [2.05, 4.69) is 10.3 Å². The van der Waals surface area contributed by atoms with Crippen molar-refractivity contribution in [3.05, 3.63) is 82.0 Å². The molecule has 1 amide bonds. The Morgan fingerprint density at radius 3 is 2.72 bits per heavy atom. The summed E-state index contributed by atoms with van der Waals surface area (Å²) < 4.78 is 18.9. The van der Waals surface area contributed by atoms with Gasteiger partial charge in [0, 0.05) is 60.3 Å². The smallest absolute Gasteiger partial charge is 0.256 e. The predicted molar refractivity (Wildman–Crippen MR) is 123 cm³/mol. The molecule has 3 aromatic rings. The highest BCUT2D eigenvalue weighted by Crippen LogP contribution is 2.19. The molecular weight excluding hydrogens is 411 g/mol. The Morgan fingerprint density at radius 2 is 2.03 bits per heavy atom. The van der Waals surface area contributed by atoms with Crippen LogP contribution in [0.5, 0.6) is 0 Å². The second-order valence-electron chi connectivity index (χ2n) is 7.61. The number of likely N-dealkylation sites (tertiary alicyclic amines) is 1. The molecule has 1 atom stereocenters. The molecule has 164 valence electrons. The lowest BCUT2D eigenvalue weighted by Gasteiger charge is -2.16. The summed E-state index contributed by atoms with van der Waals surface area (Å²) in [7, 11) is 1.65. The molecule has 2 heterocycles. The number of pyridine rings is 1. The summed E-state index contributed by atoms with van der Waals surface area (Å²) in [4.78, 5) is 29.6. The van der Waals surface area contributed by atoms with Crippen molar-refractivity contribution in [2.45, 2.75) is 12.5 Å². The zero-order valence-electron chi connectivity index (χ0n) is 17.5. The first kappa shape index (κ1) is 21.5. The lowest BCUT2D eigenvalue weighted by atomic mass is 10.1. The number of hydrogen-bond donors (Lipinski definition) is 3. The molecule has 0 unspecified atom stereocenters. The Hall–Kier alpha value is -3.78. The number of rotatable bonds is 6. The highest BCUT2D eigenvalue weighted by molar-refractivity contribution is 6.09. The predicted octanol–water partition coefficient (Wildman–Crippen LogP) is 3.63. The standard InChI is InChI=1S/C24H23FN4O3/c1-32-20-8-9-29(14-20)24(31)15-2-5-19(6-3-15)27-13-17(12-26)21-11-16-10-18(25)4-7-22(16)28-23(21)30/h2-7,10-13,20,26-27H,8-9,14H2,1H3,(H,28,30)/b17-13+,26-12?/t20-/m0/s1. The van der Waals surface area contributed by atoms with E-state index in [4.69, 9.17) is 10.1 Å². The number of benzene rings is 2. The van der Waals surface area contributed by atoms with E-state index < -0.39 is 5.82 Å². The summed E-state index contributed by atoms with van der Waals surface area (Å²) in [5, 5.41) is 11.3. The van der Waals surface area contributed by atoms with Crippen molar-refractivity contribution < 1.29 is 13.9 Å². The number of fused-ring (bicyclic) bond motifs is 1. The molecule has 0 spiro atoms. The first-order chi connectivity index (χ1) is 15.5. The Labute approximate surface area is 184 Å². The Bertz CT molecular complexity index is 1250. The highest BCUT2D eigenvalue weighted by atomic mass is 19.1. The molecular formula is C24H23FN4O3. The van der Waals surface area contributed by atoms with Crippen molar-refractivity contribution in [3.8, 4) is 0 Å². The Morgan fingerprint density at radius 1 is 1.25 bits per heavy atom. The summed E-state index contributed by atoms with van der Waals surface area (Å²) in [6.07, 6.45) is 3.50. The van der Waals surface area contributed by atoms with E-state index in [1.54, 1.807) is 42.3 Å². The summed E-state index contributed by atoms with van der Waals surface area (Å²) in [5.41, 5.74) is 2.00. The summed E-state index contributed by atoms with van der Waals surface area (Å²) in [5.74, 6) is -0.447. The number of carbonyl (C=O) groups excluding carboxylic acids is 1. The number of nitrogens with zero attached hydrogens (tertiary/aromatic N) is 1. The molecule has 0 saturated carbocycles. The molecule has 0 radical (unpaired) electrons. The SMILES string of the molecule is CO[C@H]1CCN(C(=O)c2ccc(N/C=C(\C=N)c3cc4cc(F)ccc4[nH]c3=O)cc2)C1. The third-order valence-corrected chi connectivity index (χ3v) is 5.56. The van der Waals surface area contributed by atoms with Gasteiger partial charge in [-0.1, -0.05) is 0 Å². The van der Waals surface area contributed by atoms with Crippen LogP contribution in [0.1, 0.15) is 22.3 Å². The average molecular weight is 434 g/mol. The monoisotopic (exact) mass is 434 g/mol. The molecule has 2 aromatic carbocycles. The number of aromatic amines is 1. The topological polar surface area (TPSA) is 98.3 Å². The molecule has 1 aliphatic heterocycles. The molecule has 1 saturated heterocycles. The molecule has 32 heavy (non-hydrogen) atoms. The van der Waals surface area contributed by atoms with Crippen LogP contribution in [-0.4, -0.2) is 48.3 Å². The summed E-state index contributed by atoms with van der Waals surface area (Å²) >= 11 is 0. The van der Waals surface area contributed by atoms with E-state index in [0.717, 1.165) is 12.6 Å². The van der Waals surface area contributed by atoms with Gasteiger partial charge >= 0.3 is 0 Å². The lowest BCUT2D eigenvalue weighted by molar-refractivity contribution is 0.0724. The van der Waals surface area contributed by atoms with Crippen LogP contribution in [-0.2, 0) is 4.74 Å². The molecule has 3 N–H and O–H groups in total. The van der Waals surface area contributed by atoms with Gasteiger partial charge in [0.1, 0.15) is 5.82 Å². The zero-order chi connectivity index (χ0) is 22.7. The molecule has 8 heteroatoms. The van der Waals surface area contributed by atoms with Crippen molar-refractivity contribution in [2.24, 2.45) is 0 Å². The fraction of sp³-hybridized carbons (Fsp3) is 0.208. The van der Waals surface area contributed by atoms with Crippen LogP contribution in [0.4, 0.5) is 10.1 Å². The maximum absolute atomic E-state index is 13.5. The fourth-order valence-electron chi connectivity index (χ4n) is 3.75. The minimum absolute atomic E-state index is 0.0400. The van der Waals surface area contributed by atoms with Gasteiger partial charge in [-0.2, -0.15) is 0 Å². The van der Waals surface area contributed by atoms with Crippen molar-refractivity contribution in [1.82, 2.24) is 9.88 Å². The average Bonchev–Trinajstić information content (AvgIpc) is 3.29. The summed E-state index contributed by atoms with van der Waals surface area (Å²) in [6, 6.07) is 12.6. The van der Waals surface area contributed by atoms with Crippen LogP contribution < -0.4 is 10.9 Å². The van der Waals surface area contributed by atoms with E-state index in [9.17, 15) is 14.0 Å². The van der Waals surface area contributed by atoms with Crippen LogP contribution in [0.3, 0.4) is 0 Å². The van der Waals surface area contributed by atoms with E-state index in [1.807, 2.05) is 0 Å². The first-order valence-corrected chi connectivity index (χ1v) is 10.2. The van der Waals surface area contributed by atoms with Crippen LogP contribution in [0.2, 0.25) is 0 Å². The first-order valence-electron chi connectivity index (χ1n) is 10.2. The molecule has 1 fully saturated rings. The molecule has 1 aliphatic rings. The van der Waals surface area contributed by atoms with Crippen molar-refractivity contribution in [2.75, 3.05) is 25.5 Å². The third kappa shape index (κ3) is 4.45. The number of nitrogens with one attached hydrogen (secondary N) is 3.